The van der Waals surface area contributed by atoms with Gasteiger partial charge in [-0.1, -0.05) is 26.0 Å². The van der Waals surface area contributed by atoms with Gasteiger partial charge < -0.3 is 0 Å². The summed E-state index contributed by atoms with van der Waals surface area (Å²) in [5.41, 5.74) is -0.0722. The van der Waals surface area contributed by atoms with Crippen LogP contribution in [0.1, 0.15) is 39.5 Å². The Bertz CT molecular complexity index is 494. The van der Waals surface area contributed by atoms with E-state index in [1.54, 1.807) is 0 Å². The zero-order valence-corrected chi connectivity index (χ0v) is 11.9. The van der Waals surface area contributed by atoms with E-state index in [4.69, 9.17) is 11.6 Å². The summed E-state index contributed by atoms with van der Waals surface area (Å²) in [5.74, 6) is 0.294. The van der Waals surface area contributed by atoms with Gasteiger partial charge in [-0.25, -0.2) is 8.42 Å². The van der Waals surface area contributed by atoms with Crippen molar-refractivity contribution in [3.63, 3.8) is 0 Å². The van der Waals surface area contributed by atoms with E-state index in [9.17, 15) is 8.42 Å². The maximum absolute atomic E-state index is 12.2. The Morgan fingerprint density at radius 3 is 2.47 bits per heavy atom. The minimum Gasteiger partial charge on any atom is -0.227 e. The van der Waals surface area contributed by atoms with E-state index in [1.807, 2.05) is 0 Å². The molecule has 3 unspecified atom stereocenters. The zero-order valence-electron chi connectivity index (χ0n) is 10.4. The molecule has 96 valence electrons. The average molecular weight is 275 g/mol. The van der Waals surface area contributed by atoms with Crippen LogP contribution in [0.25, 0.3) is 0 Å². The highest BCUT2D eigenvalue weighted by molar-refractivity contribution is 7.93. The van der Waals surface area contributed by atoms with Gasteiger partial charge in [-0.2, -0.15) is 0 Å². The Balaban J connectivity index is 2.19. The molecule has 1 aliphatic heterocycles. The van der Waals surface area contributed by atoms with Gasteiger partial charge in [0.25, 0.3) is 0 Å². The minimum absolute atomic E-state index is 0.0868. The number of allylic oxidation sites excluding steroid dienone is 2. The standard InChI is InChI=1S/C13H19ClO2S/c1-11(2)7-12-5-3-4-6-13(12,8-11)10(14)17(15,16)9-12/h3-4,10H,5-9H2,1-2H3. The van der Waals surface area contributed by atoms with E-state index in [0.29, 0.717) is 5.75 Å². The molecule has 0 spiro atoms. The normalized spacial score (nSPS) is 49.9. The predicted molar refractivity (Wildman–Crippen MR) is 69.7 cm³/mol. The van der Waals surface area contributed by atoms with Crippen LogP contribution in [0.5, 0.6) is 0 Å². The highest BCUT2D eigenvalue weighted by Gasteiger charge is 2.71. The topological polar surface area (TPSA) is 34.1 Å². The van der Waals surface area contributed by atoms with Gasteiger partial charge in [0, 0.05) is 5.41 Å². The van der Waals surface area contributed by atoms with Crippen molar-refractivity contribution < 1.29 is 8.42 Å². The van der Waals surface area contributed by atoms with Crippen molar-refractivity contribution in [2.24, 2.45) is 16.2 Å². The van der Waals surface area contributed by atoms with Crippen molar-refractivity contribution in [3.05, 3.63) is 12.2 Å². The molecule has 0 bridgehead atoms. The van der Waals surface area contributed by atoms with Gasteiger partial charge in [0.1, 0.15) is 4.71 Å². The van der Waals surface area contributed by atoms with Crippen LogP contribution in [0.2, 0.25) is 0 Å². The Morgan fingerprint density at radius 1 is 1.18 bits per heavy atom. The second kappa shape index (κ2) is 3.11. The molecule has 2 nitrogen and oxygen atoms in total. The maximum atomic E-state index is 12.2. The largest absolute Gasteiger partial charge is 0.227 e. The molecule has 3 aliphatic rings. The fourth-order valence-electron chi connectivity index (χ4n) is 4.83. The van der Waals surface area contributed by atoms with Crippen molar-refractivity contribution in [1.29, 1.82) is 0 Å². The maximum Gasteiger partial charge on any atom is 0.168 e. The molecule has 3 rings (SSSR count). The zero-order chi connectivity index (χ0) is 12.5. The Morgan fingerprint density at radius 2 is 1.82 bits per heavy atom. The number of halogens is 1. The summed E-state index contributed by atoms with van der Waals surface area (Å²) in [6.07, 6.45) is 7.95. The highest BCUT2D eigenvalue weighted by Crippen LogP contribution is 2.72. The van der Waals surface area contributed by atoms with Crippen LogP contribution in [-0.4, -0.2) is 18.9 Å². The number of rotatable bonds is 0. The van der Waals surface area contributed by atoms with Crippen LogP contribution in [0.4, 0.5) is 0 Å². The van der Waals surface area contributed by atoms with Crippen molar-refractivity contribution >= 4 is 21.4 Å². The molecule has 2 aliphatic carbocycles. The van der Waals surface area contributed by atoms with Crippen molar-refractivity contribution in [3.8, 4) is 0 Å². The van der Waals surface area contributed by atoms with Crippen molar-refractivity contribution in [1.82, 2.24) is 0 Å². The summed E-state index contributed by atoms with van der Waals surface area (Å²) in [5, 5.41) is 0. The fraction of sp³-hybridized carbons (Fsp3) is 0.846. The van der Waals surface area contributed by atoms with Gasteiger partial charge in [0.15, 0.2) is 9.84 Å². The summed E-state index contributed by atoms with van der Waals surface area (Å²) in [6, 6.07) is 0. The molecule has 3 atom stereocenters. The molecule has 0 aromatic carbocycles. The SMILES string of the molecule is CC1(C)CC23CC=CCC2(C1)C(Cl)S(=O)(=O)C3. The fourth-order valence-corrected chi connectivity index (χ4v) is 7.96. The predicted octanol–water partition coefficient (Wildman–Crippen LogP) is 3.12. The summed E-state index contributed by atoms with van der Waals surface area (Å²) in [4.78, 5) is 0. The lowest BCUT2D eigenvalue weighted by molar-refractivity contribution is 0.122. The second-order valence-corrected chi connectivity index (χ2v) is 9.74. The van der Waals surface area contributed by atoms with E-state index in [-0.39, 0.29) is 16.2 Å². The average Bonchev–Trinajstić information content (AvgIpc) is 2.50. The molecule has 0 aromatic rings. The first-order valence-corrected chi connectivity index (χ1v) is 8.39. The van der Waals surface area contributed by atoms with E-state index >= 15 is 0 Å². The molecule has 1 saturated carbocycles. The van der Waals surface area contributed by atoms with Crippen LogP contribution < -0.4 is 0 Å². The first-order valence-electron chi connectivity index (χ1n) is 6.24. The molecule has 1 heterocycles. The van der Waals surface area contributed by atoms with Gasteiger partial charge in [-0.05, 0) is 36.5 Å². The smallest absolute Gasteiger partial charge is 0.168 e. The molecule has 0 radical (unpaired) electrons. The van der Waals surface area contributed by atoms with Gasteiger partial charge in [-0.3, -0.25) is 0 Å². The monoisotopic (exact) mass is 274 g/mol. The van der Waals surface area contributed by atoms with Crippen LogP contribution in [-0.2, 0) is 9.84 Å². The molecule has 2 fully saturated rings. The third kappa shape index (κ3) is 1.36. The Labute approximate surface area is 108 Å². The summed E-state index contributed by atoms with van der Waals surface area (Å²) >= 11 is 6.37. The third-order valence-corrected chi connectivity index (χ3v) is 8.32. The van der Waals surface area contributed by atoms with Crippen LogP contribution >= 0.6 is 11.6 Å². The van der Waals surface area contributed by atoms with E-state index in [0.717, 1.165) is 25.7 Å². The molecule has 1 saturated heterocycles. The lowest BCUT2D eigenvalue weighted by atomic mass is 9.62. The van der Waals surface area contributed by atoms with Gasteiger partial charge in [0.05, 0.1) is 5.75 Å². The third-order valence-electron chi connectivity index (χ3n) is 5.05. The molecular weight excluding hydrogens is 256 g/mol. The number of hydrogen-bond acceptors (Lipinski definition) is 2. The summed E-state index contributed by atoms with van der Waals surface area (Å²) < 4.78 is 23.7. The highest BCUT2D eigenvalue weighted by atomic mass is 35.5. The molecule has 0 N–H and O–H groups in total. The summed E-state index contributed by atoms with van der Waals surface area (Å²) in [7, 11) is -3.11. The van der Waals surface area contributed by atoms with Gasteiger partial charge in [-0.15, -0.1) is 11.6 Å². The van der Waals surface area contributed by atoms with Crippen LogP contribution in [0, 0.1) is 16.2 Å². The number of hydrogen-bond donors (Lipinski definition) is 0. The second-order valence-electron chi connectivity index (χ2n) is 6.96. The van der Waals surface area contributed by atoms with Crippen LogP contribution in [0.3, 0.4) is 0 Å². The Kier molecular flexibility index (Phi) is 2.20. The molecular formula is C13H19ClO2S. The molecule has 0 aromatic heterocycles. The molecule has 17 heavy (non-hydrogen) atoms. The first-order chi connectivity index (χ1) is 7.73. The molecule has 0 amide bonds. The Hall–Kier alpha value is -0.0200. The lowest BCUT2D eigenvalue weighted by Crippen LogP contribution is -2.40. The number of sulfone groups is 1. The summed E-state index contributed by atoms with van der Waals surface area (Å²) in [6.45, 7) is 4.49. The minimum atomic E-state index is -3.11. The van der Waals surface area contributed by atoms with Crippen LogP contribution in [0.15, 0.2) is 12.2 Å². The van der Waals surface area contributed by atoms with Gasteiger partial charge in [0.2, 0.25) is 0 Å². The molecule has 4 heteroatoms. The quantitative estimate of drug-likeness (QED) is 0.502. The van der Waals surface area contributed by atoms with E-state index in [1.165, 1.54) is 0 Å². The van der Waals surface area contributed by atoms with E-state index < -0.39 is 14.5 Å². The van der Waals surface area contributed by atoms with Crippen molar-refractivity contribution in [2.45, 2.75) is 44.2 Å². The number of alkyl halides is 1. The first kappa shape index (κ1) is 12.0. The van der Waals surface area contributed by atoms with Gasteiger partial charge >= 0.3 is 0 Å². The lowest BCUT2D eigenvalue weighted by Gasteiger charge is -2.42. The van der Waals surface area contributed by atoms with Crippen molar-refractivity contribution in [2.75, 3.05) is 5.75 Å². The van der Waals surface area contributed by atoms with E-state index in [2.05, 4.69) is 26.0 Å².